The van der Waals surface area contributed by atoms with Crippen molar-refractivity contribution >= 4 is 29.1 Å². The van der Waals surface area contributed by atoms with Crippen molar-refractivity contribution in [1.29, 1.82) is 0 Å². The largest absolute Gasteiger partial charge is 0.341 e. The molecule has 110 valence electrons. The van der Waals surface area contributed by atoms with Crippen molar-refractivity contribution in [2.24, 2.45) is 0 Å². The number of carbonyl (C=O) groups excluding carboxylic acids is 2. The second-order valence-corrected chi connectivity index (χ2v) is 4.77. The quantitative estimate of drug-likeness (QED) is 0.853. The Kier molecular flexibility index (Phi) is 5.18. The van der Waals surface area contributed by atoms with E-state index in [1.807, 2.05) is 0 Å². The van der Waals surface area contributed by atoms with Crippen LogP contribution in [-0.4, -0.2) is 18.4 Å². The van der Waals surface area contributed by atoms with E-state index in [0.717, 1.165) is 0 Å². The summed E-state index contributed by atoms with van der Waals surface area (Å²) in [5, 5.41) is 5.59. The molecule has 0 unspecified atom stereocenters. The zero-order chi connectivity index (χ0) is 15.9. The number of halogens is 1. The second kappa shape index (κ2) is 7.30. The molecule has 0 aromatic heterocycles. The monoisotopic (exact) mass is 312 g/mol. The Morgan fingerprint density at radius 2 is 1.64 bits per heavy atom. The Morgan fingerprint density at radius 1 is 1.00 bits per heavy atom. The number of para-hydroxylation sites is 1. The minimum atomic E-state index is -0.386. The fourth-order valence-corrected chi connectivity index (χ4v) is 2.07. The van der Waals surface area contributed by atoms with Crippen molar-refractivity contribution in [3.05, 3.63) is 64.7 Å². The van der Waals surface area contributed by atoms with Crippen LogP contribution in [0.1, 0.15) is 20.7 Å². The van der Waals surface area contributed by atoms with Gasteiger partial charge < -0.3 is 10.6 Å². The fourth-order valence-electron chi connectivity index (χ4n) is 1.85. The van der Waals surface area contributed by atoms with Gasteiger partial charge >= 0.3 is 0 Å². The molecule has 0 spiro atoms. The molecule has 0 aliphatic rings. The molecule has 0 radical (unpaired) electrons. The highest BCUT2D eigenvalue weighted by atomic mass is 35.5. The van der Waals surface area contributed by atoms with E-state index in [1.165, 1.54) is 0 Å². The summed E-state index contributed by atoms with van der Waals surface area (Å²) in [7, 11) is 0. The number of carbonyl (C=O) groups is 2. The molecular weight excluding hydrogens is 300 g/mol. The zero-order valence-electron chi connectivity index (χ0n) is 11.6. The van der Waals surface area contributed by atoms with Crippen LogP contribution in [0.4, 0.5) is 5.69 Å². The average Bonchev–Trinajstić information content (AvgIpc) is 2.53. The minimum absolute atomic E-state index is 0.117. The fraction of sp³-hybridized carbons (Fsp3) is 0.0588. The molecule has 0 atom stereocenters. The molecule has 0 aliphatic heterocycles. The summed E-state index contributed by atoms with van der Waals surface area (Å²) < 4.78 is 0. The Labute approximate surface area is 133 Å². The maximum Gasteiger partial charge on any atom is 0.257 e. The lowest BCUT2D eigenvalue weighted by atomic mass is 10.1. The van der Waals surface area contributed by atoms with Crippen molar-refractivity contribution in [2.45, 2.75) is 0 Å². The third kappa shape index (κ3) is 3.66. The van der Waals surface area contributed by atoms with Crippen molar-refractivity contribution in [3.63, 3.8) is 0 Å². The number of hydrogen-bond donors (Lipinski definition) is 2. The van der Waals surface area contributed by atoms with Crippen molar-refractivity contribution in [1.82, 2.24) is 5.32 Å². The zero-order valence-corrected chi connectivity index (χ0v) is 12.4. The SMILES string of the molecule is C#CCNC(=O)c1ccccc1NC(=O)c1ccccc1Cl. The Hall–Kier alpha value is -2.77. The van der Waals surface area contributed by atoms with Crippen LogP contribution in [0.15, 0.2) is 48.5 Å². The smallest absolute Gasteiger partial charge is 0.257 e. The maximum atomic E-state index is 12.3. The lowest BCUT2D eigenvalue weighted by molar-refractivity contribution is 0.0959. The Balaban J connectivity index is 2.24. The lowest BCUT2D eigenvalue weighted by Gasteiger charge is -2.11. The highest BCUT2D eigenvalue weighted by Gasteiger charge is 2.15. The van der Waals surface area contributed by atoms with Crippen LogP contribution in [0.5, 0.6) is 0 Å². The van der Waals surface area contributed by atoms with Gasteiger partial charge in [0.1, 0.15) is 0 Å². The number of hydrogen-bond acceptors (Lipinski definition) is 2. The molecular formula is C17H13ClN2O2. The third-order valence-corrected chi connectivity index (χ3v) is 3.22. The molecule has 4 nitrogen and oxygen atoms in total. The number of nitrogens with one attached hydrogen (secondary N) is 2. The van der Waals surface area contributed by atoms with Gasteiger partial charge in [-0.3, -0.25) is 9.59 Å². The van der Waals surface area contributed by atoms with Gasteiger partial charge in [-0.2, -0.15) is 0 Å². The molecule has 0 aliphatic carbocycles. The molecule has 2 aromatic rings. The summed E-state index contributed by atoms with van der Waals surface area (Å²) in [6, 6.07) is 13.4. The van der Waals surface area contributed by atoms with Crippen LogP contribution in [0.2, 0.25) is 5.02 Å². The van der Waals surface area contributed by atoms with E-state index in [-0.39, 0.29) is 18.4 Å². The van der Waals surface area contributed by atoms with Crippen molar-refractivity contribution < 1.29 is 9.59 Å². The molecule has 22 heavy (non-hydrogen) atoms. The van der Waals surface area contributed by atoms with E-state index < -0.39 is 0 Å². The molecule has 2 rings (SSSR count). The van der Waals surface area contributed by atoms with Crippen molar-refractivity contribution in [2.75, 3.05) is 11.9 Å². The van der Waals surface area contributed by atoms with E-state index in [2.05, 4.69) is 16.6 Å². The number of terminal acetylenes is 1. The summed E-state index contributed by atoms with van der Waals surface area (Å²) >= 11 is 5.99. The first-order valence-electron chi connectivity index (χ1n) is 6.50. The van der Waals surface area contributed by atoms with E-state index in [1.54, 1.807) is 48.5 Å². The van der Waals surface area contributed by atoms with Gasteiger partial charge in [0.15, 0.2) is 0 Å². The summed E-state index contributed by atoms with van der Waals surface area (Å²) in [5.74, 6) is 1.59. The van der Waals surface area contributed by atoms with Gasteiger partial charge in [0, 0.05) is 0 Å². The second-order valence-electron chi connectivity index (χ2n) is 4.37. The molecule has 5 heteroatoms. The summed E-state index contributed by atoms with van der Waals surface area (Å²) in [6.07, 6.45) is 5.12. The molecule has 0 bridgehead atoms. The third-order valence-electron chi connectivity index (χ3n) is 2.89. The van der Waals surface area contributed by atoms with Gasteiger partial charge in [-0.05, 0) is 24.3 Å². The highest BCUT2D eigenvalue weighted by Crippen LogP contribution is 2.19. The van der Waals surface area contributed by atoms with Gasteiger partial charge in [-0.25, -0.2) is 0 Å². The standard InChI is InChI=1S/C17H13ClN2O2/c1-2-11-19-16(21)13-8-4-6-10-15(13)20-17(22)12-7-3-5-9-14(12)18/h1,3-10H,11H2,(H,19,21)(H,20,22). The number of anilines is 1. The topological polar surface area (TPSA) is 58.2 Å². The van der Waals surface area contributed by atoms with Crippen LogP contribution in [0.3, 0.4) is 0 Å². The summed E-state index contributed by atoms with van der Waals surface area (Å²) in [4.78, 5) is 24.3. The van der Waals surface area contributed by atoms with E-state index >= 15 is 0 Å². The van der Waals surface area contributed by atoms with Crippen molar-refractivity contribution in [3.8, 4) is 12.3 Å². The molecule has 0 heterocycles. The molecule has 0 saturated heterocycles. The molecule has 2 aromatic carbocycles. The van der Waals surface area contributed by atoms with Crippen LogP contribution < -0.4 is 10.6 Å². The van der Waals surface area contributed by atoms with Crippen LogP contribution >= 0.6 is 11.6 Å². The summed E-state index contributed by atoms with van der Waals surface area (Å²) in [6.45, 7) is 0.117. The normalized spacial score (nSPS) is 9.64. The first kappa shape index (κ1) is 15.6. The van der Waals surface area contributed by atoms with E-state index in [4.69, 9.17) is 18.0 Å². The predicted molar refractivity (Wildman–Crippen MR) is 87.0 cm³/mol. The first-order valence-corrected chi connectivity index (χ1v) is 6.88. The highest BCUT2D eigenvalue weighted by molar-refractivity contribution is 6.34. The Bertz CT molecular complexity index is 750. The van der Waals surface area contributed by atoms with Crippen LogP contribution in [0, 0.1) is 12.3 Å². The van der Waals surface area contributed by atoms with Crippen LogP contribution in [-0.2, 0) is 0 Å². The number of amides is 2. The minimum Gasteiger partial charge on any atom is -0.341 e. The average molecular weight is 313 g/mol. The van der Waals surface area contributed by atoms with Gasteiger partial charge in [0.2, 0.25) is 0 Å². The van der Waals surface area contributed by atoms with Gasteiger partial charge in [0.05, 0.1) is 28.4 Å². The molecule has 0 fully saturated rings. The lowest BCUT2D eigenvalue weighted by Crippen LogP contribution is -2.25. The maximum absolute atomic E-state index is 12.3. The first-order chi connectivity index (χ1) is 10.6. The molecule has 2 N–H and O–H groups in total. The van der Waals surface area contributed by atoms with E-state index in [0.29, 0.717) is 21.8 Å². The number of benzene rings is 2. The van der Waals surface area contributed by atoms with Gasteiger partial charge in [0.25, 0.3) is 11.8 Å². The molecule has 0 saturated carbocycles. The Morgan fingerprint density at radius 3 is 2.32 bits per heavy atom. The molecule has 2 amide bonds. The number of rotatable bonds is 4. The van der Waals surface area contributed by atoms with Gasteiger partial charge in [-0.15, -0.1) is 6.42 Å². The van der Waals surface area contributed by atoms with Gasteiger partial charge in [-0.1, -0.05) is 41.8 Å². The predicted octanol–water partition coefficient (Wildman–Crippen LogP) is 2.96. The van der Waals surface area contributed by atoms with Crippen LogP contribution in [0.25, 0.3) is 0 Å². The summed E-state index contributed by atoms with van der Waals surface area (Å²) in [5.41, 5.74) is 1.06. The van der Waals surface area contributed by atoms with E-state index in [9.17, 15) is 9.59 Å².